The first-order chi connectivity index (χ1) is 9.90. The smallest absolute Gasteiger partial charge is 0.227 e. The van der Waals surface area contributed by atoms with Crippen LogP contribution in [0, 0.1) is 13.8 Å². The van der Waals surface area contributed by atoms with E-state index >= 15 is 0 Å². The number of aromatic nitrogens is 2. The summed E-state index contributed by atoms with van der Waals surface area (Å²) in [5, 5.41) is 4.36. The van der Waals surface area contributed by atoms with Gasteiger partial charge in [0.15, 0.2) is 0 Å². The van der Waals surface area contributed by atoms with E-state index < -0.39 is 0 Å². The topological polar surface area (TPSA) is 58.4 Å². The van der Waals surface area contributed by atoms with Crippen LogP contribution in [0.3, 0.4) is 0 Å². The molecular weight excluding hydrogens is 268 g/mol. The second-order valence-corrected chi connectivity index (χ2v) is 5.69. The lowest BCUT2D eigenvalue weighted by atomic mass is 10.1. The largest absolute Gasteiger partial charge is 0.341 e. The molecule has 0 radical (unpaired) electrons. The van der Waals surface area contributed by atoms with Crippen LogP contribution in [0.15, 0.2) is 0 Å². The van der Waals surface area contributed by atoms with Gasteiger partial charge in [-0.15, -0.1) is 0 Å². The number of aryl methyl sites for hydroxylation is 2. The number of nitrogens with zero attached hydrogens (tertiary/aromatic N) is 4. The second kappa shape index (κ2) is 6.28. The molecule has 6 nitrogen and oxygen atoms in total. The van der Waals surface area contributed by atoms with Gasteiger partial charge in [-0.3, -0.25) is 14.3 Å². The summed E-state index contributed by atoms with van der Waals surface area (Å²) in [5.41, 5.74) is 2.99. The Morgan fingerprint density at radius 2 is 1.71 bits per heavy atom. The predicted molar refractivity (Wildman–Crippen MR) is 79.8 cm³/mol. The van der Waals surface area contributed by atoms with Gasteiger partial charge in [-0.1, -0.05) is 0 Å². The molecule has 116 valence electrons. The second-order valence-electron chi connectivity index (χ2n) is 5.69. The molecule has 2 heterocycles. The standard InChI is InChI=1S/C15H24N4O2/c1-11-14(12(2)17(4)16-11)10-15(21)19-7-5-6-18(8-9-19)13(3)20/h5-10H2,1-4H3. The average Bonchev–Trinajstić information content (AvgIpc) is 2.65. The minimum Gasteiger partial charge on any atom is -0.341 e. The fourth-order valence-corrected chi connectivity index (χ4v) is 2.82. The Bertz CT molecular complexity index is 550. The predicted octanol–water partition coefficient (Wildman–Crippen LogP) is 0.660. The van der Waals surface area contributed by atoms with Gasteiger partial charge in [-0.2, -0.15) is 5.10 Å². The minimum absolute atomic E-state index is 0.0863. The van der Waals surface area contributed by atoms with Gasteiger partial charge >= 0.3 is 0 Å². The van der Waals surface area contributed by atoms with Crippen molar-refractivity contribution in [3.63, 3.8) is 0 Å². The normalized spacial score (nSPS) is 16.0. The van der Waals surface area contributed by atoms with Gasteiger partial charge in [0.05, 0.1) is 12.1 Å². The van der Waals surface area contributed by atoms with Crippen molar-refractivity contribution in [2.45, 2.75) is 33.6 Å². The minimum atomic E-state index is 0.0863. The van der Waals surface area contributed by atoms with Crippen LogP contribution in [0.4, 0.5) is 0 Å². The van der Waals surface area contributed by atoms with E-state index in [1.807, 2.05) is 35.4 Å². The van der Waals surface area contributed by atoms with E-state index in [9.17, 15) is 9.59 Å². The molecule has 2 rings (SSSR count). The van der Waals surface area contributed by atoms with Gasteiger partial charge in [0.25, 0.3) is 0 Å². The van der Waals surface area contributed by atoms with Gasteiger partial charge in [-0.25, -0.2) is 0 Å². The molecule has 0 aliphatic carbocycles. The van der Waals surface area contributed by atoms with Crippen LogP contribution in [0.25, 0.3) is 0 Å². The highest BCUT2D eigenvalue weighted by molar-refractivity contribution is 5.79. The maximum atomic E-state index is 12.5. The SMILES string of the molecule is CC(=O)N1CCCN(C(=O)Cc2c(C)nn(C)c2C)CC1. The molecular formula is C15H24N4O2. The summed E-state index contributed by atoms with van der Waals surface area (Å²) >= 11 is 0. The highest BCUT2D eigenvalue weighted by Gasteiger charge is 2.22. The molecule has 1 fully saturated rings. The summed E-state index contributed by atoms with van der Waals surface area (Å²) in [6.45, 7) is 8.23. The molecule has 2 amide bonds. The van der Waals surface area contributed by atoms with Crippen molar-refractivity contribution in [3.8, 4) is 0 Å². The van der Waals surface area contributed by atoms with Gasteiger partial charge < -0.3 is 9.80 Å². The number of carbonyl (C=O) groups is 2. The molecule has 0 bridgehead atoms. The zero-order valence-electron chi connectivity index (χ0n) is 13.3. The summed E-state index contributed by atoms with van der Waals surface area (Å²) in [7, 11) is 1.90. The first-order valence-corrected chi connectivity index (χ1v) is 7.42. The Kier molecular flexibility index (Phi) is 4.65. The zero-order valence-corrected chi connectivity index (χ0v) is 13.3. The van der Waals surface area contributed by atoms with E-state index in [2.05, 4.69) is 5.10 Å². The summed E-state index contributed by atoms with van der Waals surface area (Å²) in [6.07, 6.45) is 1.24. The lowest BCUT2D eigenvalue weighted by Gasteiger charge is -2.21. The molecule has 0 atom stereocenters. The van der Waals surface area contributed by atoms with Crippen molar-refractivity contribution < 1.29 is 9.59 Å². The fourth-order valence-electron chi connectivity index (χ4n) is 2.82. The highest BCUT2D eigenvalue weighted by Crippen LogP contribution is 2.14. The van der Waals surface area contributed by atoms with Crippen molar-refractivity contribution in [2.24, 2.45) is 7.05 Å². The maximum absolute atomic E-state index is 12.5. The van der Waals surface area contributed by atoms with E-state index in [4.69, 9.17) is 0 Å². The maximum Gasteiger partial charge on any atom is 0.227 e. The average molecular weight is 292 g/mol. The number of hydrogen-bond donors (Lipinski definition) is 0. The molecule has 0 spiro atoms. The molecule has 0 aromatic carbocycles. The summed E-state index contributed by atoms with van der Waals surface area (Å²) in [4.78, 5) is 27.6. The van der Waals surface area contributed by atoms with E-state index in [1.165, 1.54) is 0 Å². The van der Waals surface area contributed by atoms with Crippen molar-refractivity contribution >= 4 is 11.8 Å². The van der Waals surface area contributed by atoms with Crippen LogP contribution in [0.5, 0.6) is 0 Å². The quantitative estimate of drug-likeness (QED) is 0.804. The Balaban J connectivity index is 2.02. The first-order valence-electron chi connectivity index (χ1n) is 7.42. The monoisotopic (exact) mass is 292 g/mol. The van der Waals surface area contributed by atoms with E-state index in [0.717, 1.165) is 36.5 Å². The third kappa shape index (κ3) is 3.43. The Morgan fingerprint density at radius 1 is 1.10 bits per heavy atom. The zero-order chi connectivity index (χ0) is 15.6. The molecule has 1 aliphatic heterocycles. The van der Waals surface area contributed by atoms with E-state index in [1.54, 1.807) is 6.92 Å². The van der Waals surface area contributed by atoms with E-state index in [0.29, 0.717) is 19.5 Å². The van der Waals surface area contributed by atoms with Crippen molar-refractivity contribution in [1.82, 2.24) is 19.6 Å². The van der Waals surface area contributed by atoms with Crippen molar-refractivity contribution in [2.75, 3.05) is 26.2 Å². The molecule has 21 heavy (non-hydrogen) atoms. The Labute approximate surface area is 125 Å². The first kappa shape index (κ1) is 15.5. The molecule has 0 unspecified atom stereocenters. The van der Waals surface area contributed by atoms with E-state index in [-0.39, 0.29) is 11.8 Å². The van der Waals surface area contributed by atoms with Gasteiger partial charge in [0.2, 0.25) is 11.8 Å². The summed E-state index contributed by atoms with van der Waals surface area (Å²) in [6, 6.07) is 0. The van der Waals surface area contributed by atoms with Gasteiger partial charge in [0, 0.05) is 51.4 Å². The van der Waals surface area contributed by atoms with Crippen LogP contribution in [-0.2, 0) is 23.1 Å². The van der Waals surface area contributed by atoms with Crippen LogP contribution in [0.2, 0.25) is 0 Å². The van der Waals surface area contributed by atoms with Crippen molar-refractivity contribution in [3.05, 3.63) is 17.0 Å². The summed E-state index contributed by atoms with van der Waals surface area (Å²) < 4.78 is 1.82. The van der Waals surface area contributed by atoms with Crippen LogP contribution in [-0.4, -0.2) is 57.6 Å². The molecule has 6 heteroatoms. The molecule has 1 aromatic heterocycles. The number of carbonyl (C=O) groups excluding carboxylic acids is 2. The Morgan fingerprint density at radius 3 is 2.29 bits per heavy atom. The number of rotatable bonds is 2. The molecule has 0 saturated carbocycles. The van der Waals surface area contributed by atoms with Crippen molar-refractivity contribution in [1.29, 1.82) is 0 Å². The Hall–Kier alpha value is -1.85. The van der Waals surface area contributed by atoms with Gasteiger partial charge in [0.1, 0.15) is 0 Å². The number of hydrogen-bond acceptors (Lipinski definition) is 3. The van der Waals surface area contributed by atoms with Crippen LogP contribution < -0.4 is 0 Å². The van der Waals surface area contributed by atoms with Crippen LogP contribution >= 0.6 is 0 Å². The molecule has 1 saturated heterocycles. The van der Waals surface area contributed by atoms with Gasteiger partial charge in [-0.05, 0) is 20.3 Å². The third-order valence-electron chi connectivity index (χ3n) is 4.28. The summed E-state index contributed by atoms with van der Waals surface area (Å²) in [5.74, 6) is 0.211. The molecule has 1 aromatic rings. The lowest BCUT2D eigenvalue weighted by Crippen LogP contribution is -2.37. The molecule has 0 N–H and O–H groups in total. The highest BCUT2D eigenvalue weighted by atomic mass is 16.2. The third-order valence-corrected chi connectivity index (χ3v) is 4.28. The lowest BCUT2D eigenvalue weighted by molar-refractivity contribution is -0.132. The van der Waals surface area contributed by atoms with Crippen LogP contribution in [0.1, 0.15) is 30.3 Å². The molecule has 1 aliphatic rings. The fraction of sp³-hybridized carbons (Fsp3) is 0.667. The number of amides is 2.